The van der Waals surface area contributed by atoms with Gasteiger partial charge >= 0.3 is 0 Å². The zero-order valence-corrected chi connectivity index (χ0v) is 18.2. The van der Waals surface area contributed by atoms with Gasteiger partial charge in [0.2, 0.25) is 5.91 Å². The summed E-state index contributed by atoms with van der Waals surface area (Å²) in [4.78, 5) is 14.9. The molecule has 0 radical (unpaired) electrons. The molecule has 1 aliphatic heterocycles. The van der Waals surface area contributed by atoms with Crippen molar-refractivity contribution in [1.29, 1.82) is 0 Å². The molecule has 0 bridgehead atoms. The van der Waals surface area contributed by atoms with Crippen LogP contribution in [0, 0.1) is 9.49 Å². The van der Waals surface area contributed by atoms with Crippen LogP contribution >= 0.6 is 22.6 Å². The fraction of sp³-hybridized carbons (Fsp3) is 0.350. The van der Waals surface area contributed by atoms with Crippen molar-refractivity contribution in [2.75, 3.05) is 23.9 Å². The van der Waals surface area contributed by atoms with Gasteiger partial charge in [-0.3, -0.25) is 9.10 Å². The first-order valence-electron chi connectivity index (χ1n) is 8.99. The molecule has 2 aromatic rings. The molecule has 0 aliphatic carbocycles. The molecule has 1 heterocycles. The third-order valence-corrected chi connectivity index (χ3v) is 7.24. The minimum Gasteiger partial charge on any atom is -0.341 e. The summed E-state index contributed by atoms with van der Waals surface area (Å²) in [7, 11) is -3.83. The first-order valence-corrected chi connectivity index (χ1v) is 11.5. The summed E-state index contributed by atoms with van der Waals surface area (Å²) < 4.78 is 28.7. The van der Waals surface area contributed by atoms with E-state index in [0.29, 0.717) is 24.7 Å². The van der Waals surface area contributed by atoms with Gasteiger partial charge in [-0.2, -0.15) is 0 Å². The molecular formula is C20H23IN2O3S. The van der Waals surface area contributed by atoms with Crippen molar-refractivity contribution in [3.63, 3.8) is 0 Å². The number of benzene rings is 2. The van der Waals surface area contributed by atoms with Crippen LogP contribution in [0.25, 0.3) is 0 Å². The van der Waals surface area contributed by atoms with Crippen molar-refractivity contribution < 1.29 is 13.2 Å². The molecule has 1 saturated heterocycles. The maximum atomic E-state index is 13.3. The highest BCUT2D eigenvalue weighted by Crippen LogP contribution is 2.25. The molecule has 1 atom stereocenters. The number of hydrogen-bond donors (Lipinski definition) is 0. The van der Waals surface area contributed by atoms with Crippen LogP contribution < -0.4 is 4.31 Å². The average molecular weight is 498 g/mol. The minimum atomic E-state index is -3.83. The first kappa shape index (κ1) is 20.1. The summed E-state index contributed by atoms with van der Waals surface area (Å²) in [5.74, 6) is 0.291. The minimum absolute atomic E-state index is 0.153. The van der Waals surface area contributed by atoms with E-state index in [1.165, 1.54) is 4.31 Å². The van der Waals surface area contributed by atoms with Crippen LogP contribution in [0.3, 0.4) is 0 Å². The van der Waals surface area contributed by atoms with Crippen LogP contribution in [0.4, 0.5) is 5.69 Å². The van der Waals surface area contributed by atoms with E-state index in [4.69, 9.17) is 0 Å². The van der Waals surface area contributed by atoms with Gasteiger partial charge in [0, 0.05) is 16.7 Å². The Morgan fingerprint density at radius 2 is 1.81 bits per heavy atom. The molecular weight excluding hydrogens is 475 g/mol. The van der Waals surface area contributed by atoms with E-state index in [2.05, 4.69) is 29.5 Å². The highest BCUT2D eigenvalue weighted by molar-refractivity contribution is 14.1. The second kappa shape index (κ2) is 8.60. The summed E-state index contributed by atoms with van der Waals surface area (Å²) in [5.41, 5.74) is 0.498. The third kappa shape index (κ3) is 4.82. The summed E-state index contributed by atoms with van der Waals surface area (Å²) in [6, 6.07) is 15.4. The highest BCUT2D eigenvalue weighted by Gasteiger charge is 2.30. The zero-order chi connectivity index (χ0) is 19.4. The van der Waals surface area contributed by atoms with Gasteiger partial charge in [-0.25, -0.2) is 8.42 Å². The van der Waals surface area contributed by atoms with E-state index in [-0.39, 0.29) is 17.3 Å². The molecule has 0 N–H and O–H groups in total. The third-order valence-electron chi connectivity index (χ3n) is 4.73. The average Bonchev–Trinajstić information content (AvgIpc) is 2.67. The molecule has 0 spiro atoms. The molecule has 144 valence electrons. The Bertz CT molecular complexity index is 885. The number of carbonyl (C=O) groups excluding carboxylic acids is 1. The molecule has 7 heteroatoms. The molecule has 3 rings (SSSR count). The number of piperidine rings is 1. The summed E-state index contributed by atoms with van der Waals surface area (Å²) in [5, 5.41) is 0. The number of rotatable bonds is 5. The van der Waals surface area contributed by atoms with Crippen LogP contribution in [-0.4, -0.2) is 38.9 Å². The Morgan fingerprint density at radius 1 is 1.15 bits per heavy atom. The Kier molecular flexibility index (Phi) is 6.41. The number of amides is 1. The van der Waals surface area contributed by atoms with Gasteiger partial charge in [-0.05, 0) is 77.7 Å². The van der Waals surface area contributed by atoms with Crippen LogP contribution in [0.15, 0.2) is 59.5 Å². The maximum Gasteiger partial charge on any atom is 0.264 e. The number of nitrogens with zero attached hydrogens (tertiary/aromatic N) is 2. The van der Waals surface area contributed by atoms with E-state index in [9.17, 15) is 13.2 Å². The largest absolute Gasteiger partial charge is 0.341 e. The molecule has 5 nitrogen and oxygen atoms in total. The number of hydrogen-bond acceptors (Lipinski definition) is 3. The lowest BCUT2D eigenvalue weighted by Crippen LogP contribution is -2.46. The van der Waals surface area contributed by atoms with Crippen LogP contribution in [0.2, 0.25) is 0 Å². The van der Waals surface area contributed by atoms with E-state index in [1.807, 2.05) is 12.1 Å². The summed E-state index contributed by atoms with van der Waals surface area (Å²) in [6.45, 7) is 3.31. The van der Waals surface area contributed by atoms with E-state index >= 15 is 0 Å². The number of halogens is 1. The fourth-order valence-corrected chi connectivity index (χ4v) is 5.08. The van der Waals surface area contributed by atoms with Crippen LogP contribution in [0.5, 0.6) is 0 Å². The van der Waals surface area contributed by atoms with E-state index < -0.39 is 10.0 Å². The normalized spacial score (nSPS) is 17.6. The molecule has 1 aliphatic rings. The predicted octanol–water partition coefficient (Wildman–Crippen LogP) is 3.75. The summed E-state index contributed by atoms with van der Waals surface area (Å²) in [6.07, 6.45) is 2.06. The van der Waals surface area contributed by atoms with Gasteiger partial charge in [0.1, 0.15) is 6.54 Å². The molecule has 2 aromatic carbocycles. The monoisotopic (exact) mass is 498 g/mol. The standard InChI is InChI=1S/C20H23IN2O3S/c1-16-6-5-13-22(14-16)20(24)15-23(18-11-9-17(21)10-12-18)27(25,26)19-7-3-2-4-8-19/h2-4,7-12,16H,5-6,13-15H2,1H3. The molecule has 0 aromatic heterocycles. The number of likely N-dealkylation sites (tertiary alicyclic amines) is 1. The second-order valence-corrected chi connectivity index (χ2v) is 10.00. The van der Waals surface area contributed by atoms with Gasteiger partial charge < -0.3 is 4.90 Å². The smallest absolute Gasteiger partial charge is 0.264 e. The Labute approximate surface area is 174 Å². The Morgan fingerprint density at radius 3 is 2.44 bits per heavy atom. The van der Waals surface area contributed by atoms with Gasteiger partial charge in [0.25, 0.3) is 10.0 Å². The van der Waals surface area contributed by atoms with Gasteiger partial charge in [0.15, 0.2) is 0 Å². The van der Waals surface area contributed by atoms with Crippen molar-refractivity contribution in [2.24, 2.45) is 5.92 Å². The molecule has 27 heavy (non-hydrogen) atoms. The number of sulfonamides is 1. The van der Waals surface area contributed by atoms with Crippen molar-refractivity contribution in [3.8, 4) is 0 Å². The van der Waals surface area contributed by atoms with Crippen molar-refractivity contribution in [3.05, 3.63) is 58.2 Å². The zero-order valence-electron chi connectivity index (χ0n) is 15.2. The summed E-state index contributed by atoms with van der Waals surface area (Å²) >= 11 is 2.17. The highest BCUT2D eigenvalue weighted by atomic mass is 127. The number of anilines is 1. The Balaban J connectivity index is 1.93. The van der Waals surface area contributed by atoms with Gasteiger partial charge in [-0.1, -0.05) is 25.1 Å². The SMILES string of the molecule is CC1CCCN(C(=O)CN(c2ccc(I)cc2)S(=O)(=O)c2ccccc2)C1. The lowest BCUT2D eigenvalue weighted by atomic mass is 10.0. The quantitative estimate of drug-likeness (QED) is 0.591. The van der Waals surface area contributed by atoms with Gasteiger partial charge in [-0.15, -0.1) is 0 Å². The first-order chi connectivity index (χ1) is 12.9. The molecule has 1 amide bonds. The topological polar surface area (TPSA) is 57.7 Å². The van der Waals surface area contributed by atoms with E-state index in [1.54, 1.807) is 47.4 Å². The number of carbonyl (C=O) groups is 1. The predicted molar refractivity (Wildman–Crippen MR) is 115 cm³/mol. The van der Waals surface area contributed by atoms with Gasteiger partial charge in [0.05, 0.1) is 10.6 Å². The lowest BCUT2D eigenvalue weighted by molar-refractivity contribution is -0.131. The second-order valence-electron chi connectivity index (χ2n) is 6.89. The fourth-order valence-electron chi connectivity index (χ4n) is 3.28. The Hall–Kier alpha value is -1.61. The van der Waals surface area contributed by atoms with E-state index in [0.717, 1.165) is 16.4 Å². The van der Waals surface area contributed by atoms with Crippen LogP contribution in [0.1, 0.15) is 19.8 Å². The molecule has 0 saturated carbocycles. The maximum absolute atomic E-state index is 13.3. The van der Waals surface area contributed by atoms with Crippen molar-refractivity contribution in [1.82, 2.24) is 4.90 Å². The van der Waals surface area contributed by atoms with Crippen LogP contribution in [-0.2, 0) is 14.8 Å². The van der Waals surface area contributed by atoms with Crippen molar-refractivity contribution in [2.45, 2.75) is 24.7 Å². The molecule has 1 unspecified atom stereocenters. The van der Waals surface area contributed by atoms with Crippen molar-refractivity contribution >= 4 is 44.2 Å². The molecule has 1 fully saturated rings. The lowest BCUT2D eigenvalue weighted by Gasteiger charge is -2.33.